The molecule has 1 aromatic rings. The van der Waals surface area contributed by atoms with Crippen LogP contribution in [0.1, 0.15) is 48.2 Å². The third kappa shape index (κ3) is 4.81. The highest BCUT2D eigenvalue weighted by atomic mass is 16.5. The maximum absolute atomic E-state index is 12.5. The van der Waals surface area contributed by atoms with Gasteiger partial charge < -0.3 is 14.8 Å². The number of nitrogens with one attached hydrogen (secondary N) is 1. The van der Waals surface area contributed by atoms with Gasteiger partial charge in [-0.25, -0.2) is 0 Å². The molecule has 0 heterocycles. The minimum atomic E-state index is -1.30. The highest BCUT2D eigenvalue weighted by Gasteiger charge is 2.34. The highest BCUT2D eigenvalue weighted by Crippen LogP contribution is 2.25. The third-order valence-corrected chi connectivity index (χ3v) is 3.13. The zero-order valence-corrected chi connectivity index (χ0v) is 14.4. The first-order valence-corrected chi connectivity index (χ1v) is 7.19. The number of rotatable bonds is 4. The summed E-state index contributed by atoms with van der Waals surface area (Å²) < 4.78 is 9.39. The van der Waals surface area contributed by atoms with Gasteiger partial charge in [-0.05, 0) is 39.3 Å². The average Bonchev–Trinajstić information content (AvgIpc) is 2.45. The van der Waals surface area contributed by atoms with Gasteiger partial charge >= 0.3 is 11.9 Å². The van der Waals surface area contributed by atoms with E-state index >= 15 is 0 Å². The van der Waals surface area contributed by atoms with E-state index in [-0.39, 0.29) is 17.0 Å². The Morgan fingerprint density at radius 1 is 1.04 bits per heavy atom. The quantitative estimate of drug-likeness (QED) is 0.677. The van der Waals surface area contributed by atoms with Crippen molar-refractivity contribution < 1.29 is 23.9 Å². The van der Waals surface area contributed by atoms with Crippen LogP contribution in [0.25, 0.3) is 0 Å². The molecule has 0 spiro atoms. The Morgan fingerprint density at radius 2 is 1.57 bits per heavy atom. The summed E-state index contributed by atoms with van der Waals surface area (Å²) in [6, 6.07) is 4.95. The number of hydrogen-bond donors (Lipinski definition) is 1. The molecule has 23 heavy (non-hydrogen) atoms. The lowest BCUT2D eigenvalue weighted by atomic mass is 9.91. The van der Waals surface area contributed by atoms with Crippen LogP contribution in [0, 0.1) is 6.92 Å². The van der Waals surface area contributed by atoms with E-state index in [9.17, 15) is 14.4 Å². The van der Waals surface area contributed by atoms with Crippen molar-refractivity contribution in [2.75, 3.05) is 14.2 Å². The molecule has 0 bridgehead atoms. The normalized spacial score (nSPS) is 11.1. The van der Waals surface area contributed by atoms with Gasteiger partial charge in [-0.15, -0.1) is 0 Å². The maximum Gasteiger partial charge on any atom is 0.324 e. The summed E-state index contributed by atoms with van der Waals surface area (Å²) in [4.78, 5) is 36.6. The van der Waals surface area contributed by atoms with Gasteiger partial charge in [0, 0.05) is 11.1 Å². The molecule has 1 rings (SSSR count). The molecular weight excluding hydrogens is 298 g/mol. The molecule has 0 fully saturated rings. The van der Waals surface area contributed by atoms with E-state index in [0.29, 0.717) is 0 Å². The van der Waals surface area contributed by atoms with Gasteiger partial charge in [0.15, 0.2) is 5.92 Å². The summed E-state index contributed by atoms with van der Waals surface area (Å²) in [5.41, 5.74) is 0.868. The summed E-state index contributed by atoms with van der Waals surface area (Å²) in [6.45, 7) is 7.34. The van der Waals surface area contributed by atoms with E-state index in [1.54, 1.807) is 25.1 Å². The molecule has 6 heteroatoms. The van der Waals surface area contributed by atoms with E-state index in [1.165, 1.54) is 14.2 Å². The van der Waals surface area contributed by atoms with E-state index < -0.39 is 23.4 Å². The predicted molar refractivity (Wildman–Crippen MR) is 85.2 cm³/mol. The van der Waals surface area contributed by atoms with Crippen molar-refractivity contribution in [1.29, 1.82) is 0 Å². The van der Waals surface area contributed by atoms with Gasteiger partial charge in [-0.2, -0.15) is 0 Å². The van der Waals surface area contributed by atoms with Crippen molar-refractivity contribution in [2.24, 2.45) is 0 Å². The van der Waals surface area contributed by atoms with Gasteiger partial charge in [-0.1, -0.05) is 17.7 Å². The zero-order valence-electron chi connectivity index (χ0n) is 14.4. The number of carbonyl (C=O) groups excluding carboxylic acids is 3. The molecule has 0 atom stereocenters. The van der Waals surface area contributed by atoms with Gasteiger partial charge in [0.25, 0.3) is 5.91 Å². The molecule has 1 N–H and O–H groups in total. The van der Waals surface area contributed by atoms with Gasteiger partial charge in [0.05, 0.1) is 14.2 Å². The smallest absolute Gasteiger partial charge is 0.324 e. The first kappa shape index (κ1) is 18.7. The van der Waals surface area contributed by atoms with Crippen LogP contribution in [0.15, 0.2) is 18.2 Å². The lowest BCUT2D eigenvalue weighted by Gasteiger charge is -2.23. The van der Waals surface area contributed by atoms with Crippen molar-refractivity contribution in [3.8, 4) is 0 Å². The SMILES string of the molecule is COC(=O)C(C(=O)OC)c1cc(C)ccc1C(=O)NC(C)(C)C. The number of amides is 1. The number of hydrogen-bond acceptors (Lipinski definition) is 5. The molecular formula is C17H23NO5. The van der Waals surface area contributed by atoms with Crippen LogP contribution in [0.5, 0.6) is 0 Å². The summed E-state index contributed by atoms with van der Waals surface area (Å²) >= 11 is 0. The fourth-order valence-corrected chi connectivity index (χ4v) is 2.12. The number of esters is 2. The summed E-state index contributed by atoms with van der Waals surface area (Å²) in [7, 11) is 2.37. The Labute approximate surface area is 136 Å². The molecule has 1 aromatic carbocycles. The minimum absolute atomic E-state index is 0.242. The maximum atomic E-state index is 12.5. The number of benzene rings is 1. The molecule has 0 aliphatic rings. The lowest BCUT2D eigenvalue weighted by molar-refractivity contribution is -0.154. The number of methoxy groups -OCH3 is 2. The van der Waals surface area contributed by atoms with Crippen LogP contribution in [-0.4, -0.2) is 37.6 Å². The largest absolute Gasteiger partial charge is 0.468 e. The van der Waals surface area contributed by atoms with Crippen molar-refractivity contribution in [1.82, 2.24) is 5.32 Å². The van der Waals surface area contributed by atoms with Crippen LogP contribution in [0.3, 0.4) is 0 Å². The van der Waals surface area contributed by atoms with Crippen LogP contribution in [-0.2, 0) is 19.1 Å². The zero-order chi connectivity index (χ0) is 17.8. The Bertz CT molecular complexity index is 600. The molecule has 1 amide bonds. The molecule has 0 unspecified atom stereocenters. The number of carbonyl (C=O) groups is 3. The molecule has 0 aromatic heterocycles. The first-order valence-electron chi connectivity index (χ1n) is 7.19. The highest BCUT2D eigenvalue weighted by molar-refractivity contribution is 6.05. The molecule has 0 saturated carbocycles. The molecule has 6 nitrogen and oxygen atoms in total. The van der Waals surface area contributed by atoms with Crippen molar-refractivity contribution in [2.45, 2.75) is 39.2 Å². The van der Waals surface area contributed by atoms with Gasteiger partial charge in [0.2, 0.25) is 0 Å². The monoisotopic (exact) mass is 321 g/mol. The second kappa shape index (κ2) is 7.26. The molecule has 0 aliphatic carbocycles. The van der Waals surface area contributed by atoms with Crippen molar-refractivity contribution in [3.05, 3.63) is 34.9 Å². The lowest BCUT2D eigenvalue weighted by Crippen LogP contribution is -2.41. The molecule has 0 saturated heterocycles. The van der Waals surface area contributed by atoms with E-state index in [2.05, 4.69) is 5.32 Å². The van der Waals surface area contributed by atoms with Crippen LogP contribution in [0.2, 0.25) is 0 Å². The van der Waals surface area contributed by atoms with Crippen LogP contribution < -0.4 is 5.32 Å². The topological polar surface area (TPSA) is 81.7 Å². The van der Waals surface area contributed by atoms with Gasteiger partial charge in [-0.3, -0.25) is 14.4 Å². The number of aryl methyl sites for hydroxylation is 1. The van der Waals surface area contributed by atoms with E-state index in [1.807, 2.05) is 20.8 Å². The van der Waals surface area contributed by atoms with Crippen molar-refractivity contribution in [3.63, 3.8) is 0 Å². The average molecular weight is 321 g/mol. The third-order valence-electron chi connectivity index (χ3n) is 3.13. The van der Waals surface area contributed by atoms with E-state index in [0.717, 1.165) is 5.56 Å². The minimum Gasteiger partial charge on any atom is -0.468 e. The Kier molecular flexibility index (Phi) is 5.90. The number of ether oxygens (including phenoxy) is 2. The summed E-state index contributed by atoms with van der Waals surface area (Å²) in [5, 5.41) is 2.82. The Hall–Kier alpha value is -2.37. The second-order valence-corrected chi connectivity index (χ2v) is 6.27. The summed E-state index contributed by atoms with van der Waals surface area (Å²) in [6.07, 6.45) is 0. The van der Waals surface area contributed by atoms with Crippen LogP contribution >= 0.6 is 0 Å². The Balaban J connectivity index is 3.42. The molecule has 0 aliphatic heterocycles. The standard InChI is InChI=1S/C17H23NO5/c1-10-7-8-11(14(19)18-17(2,3)4)12(9-10)13(15(20)22-5)16(21)23-6/h7-9,13H,1-6H3,(H,18,19). The second-order valence-electron chi connectivity index (χ2n) is 6.27. The molecule has 0 radical (unpaired) electrons. The predicted octanol–water partition coefficient (Wildman–Crippen LogP) is 1.95. The fourth-order valence-electron chi connectivity index (χ4n) is 2.12. The van der Waals surface area contributed by atoms with Crippen molar-refractivity contribution >= 4 is 17.8 Å². The van der Waals surface area contributed by atoms with Gasteiger partial charge in [0.1, 0.15) is 0 Å². The summed E-state index contributed by atoms with van der Waals surface area (Å²) in [5.74, 6) is -3.21. The fraction of sp³-hybridized carbons (Fsp3) is 0.471. The van der Waals surface area contributed by atoms with E-state index in [4.69, 9.17) is 9.47 Å². The molecule has 126 valence electrons. The van der Waals surface area contributed by atoms with Crippen LogP contribution in [0.4, 0.5) is 0 Å². The first-order chi connectivity index (χ1) is 10.6. The Morgan fingerprint density at radius 3 is 2.00 bits per heavy atom.